The highest BCUT2D eigenvalue weighted by Crippen LogP contribution is 2.64. The molecule has 0 radical (unpaired) electrons. The molecule has 0 amide bonds. The fourth-order valence-corrected chi connectivity index (χ4v) is 7.93. The van der Waals surface area contributed by atoms with Crippen LogP contribution in [0, 0.1) is 22.7 Å². The second kappa shape index (κ2) is 12.6. The monoisotopic (exact) mass is 616 g/mol. The van der Waals surface area contributed by atoms with Gasteiger partial charge in [-0.25, -0.2) is 0 Å². The maximum atomic E-state index is 13.5. The van der Waals surface area contributed by atoms with Gasteiger partial charge in [0, 0.05) is 8.22 Å². The number of halogens is 6. The molecule has 0 bridgehead atoms. The predicted molar refractivity (Wildman–Crippen MR) is 149 cm³/mol. The third-order valence-corrected chi connectivity index (χ3v) is 9.97. The van der Waals surface area contributed by atoms with E-state index in [1.807, 2.05) is 19.1 Å². The SMILES string of the molecule is [2H]C([2H])([2H])C(O)(CCC[C@](C)(C/C=C\C(O)(C(F)(F)F)C(F)(F)F)[C@H]1CCC2/C(=C/C=C3C[C@@H](O)C[C@H](O)C3)CCC[C@@]21C)C([2H])([2H])[2H]. The lowest BCUT2D eigenvalue weighted by Crippen LogP contribution is -2.55. The zero-order chi connectivity index (χ0) is 36.8. The van der Waals surface area contributed by atoms with E-state index < -0.39 is 66.7 Å². The van der Waals surface area contributed by atoms with Crippen LogP contribution in [0.3, 0.4) is 0 Å². The molecule has 0 heterocycles. The van der Waals surface area contributed by atoms with Crippen LogP contribution in [0.25, 0.3) is 0 Å². The molecule has 4 N–H and O–H groups in total. The van der Waals surface area contributed by atoms with Gasteiger partial charge in [0.25, 0.3) is 5.60 Å². The summed E-state index contributed by atoms with van der Waals surface area (Å²) < 4.78 is 127. The summed E-state index contributed by atoms with van der Waals surface area (Å²) in [7, 11) is 0. The van der Waals surface area contributed by atoms with Gasteiger partial charge in [-0.05, 0) is 113 Å². The van der Waals surface area contributed by atoms with E-state index in [1.54, 1.807) is 6.92 Å². The van der Waals surface area contributed by atoms with Crippen molar-refractivity contribution in [3.63, 3.8) is 0 Å². The van der Waals surface area contributed by atoms with Gasteiger partial charge in [0.05, 0.1) is 17.8 Å². The maximum Gasteiger partial charge on any atom is 0.429 e. The number of fused-ring (bicyclic) bond motifs is 1. The van der Waals surface area contributed by atoms with Crippen LogP contribution in [0.4, 0.5) is 26.3 Å². The van der Waals surface area contributed by atoms with Gasteiger partial charge in [-0.2, -0.15) is 26.3 Å². The Morgan fingerprint density at radius 1 is 0.952 bits per heavy atom. The zero-order valence-corrected chi connectivity index (χ0v) is 24.2. The highest BCUT2D eigenvalue weighted by Gasteiger charge is 2.69. The summed E-state index contributed by atoms with van der Waals surface area (Å²) in [6.07, 6.45) is -5.93. The highest BCUT2D eigenvalue weighted by molar-refractivity contribution is 5.27. The number of aliphatic hydroxyl groups excluding tert-OH is 2. The van der Waals surface area contributed by atoms with Gasteiger partial charge in [0.1, 0.15) is 0 Å². The topological polar surface area (TPSA) is 80.9 Å². The third-order valence-electron chi connectivity index (χ3n) is 9.97. The van der Waals surface area contributed by atoms with Gasteiger partial charge in [0.15, 0.2) is 0 Å². The van der Waals surface area contributed by atoms with E-state index in [0.29, 0.717) is 44.6 Å². The summed E-state index contributed by atoms with van der Waals surface area (Å²) in [5, 5.41) is 40.7. The average molecular weight is 617 g/mol. The molecule has 0 saturated heterocycles. The number of aliphatic hydroxyl groups is 4. The molecule has 6 atom stereocenters. The Morgan fingerprint density at radius 3 is 2.14 bits per heavy atom. The van der Waals surface area contributed by atoms with E-state index in [9.17, 15) is 46.8 Å². The van der Waals surface area contributed by atoms with E-state index in [4.69, 9.17) is 8.22 Å². The van der Waals surface area contributed by atoms with Gasteiger partial charge in [0.2, 0.25) is 0 Å². The van der Waals surface area contributed by atoms with Crippen molar-refractivity contribution in [3.05, 3.63) is 35.5 Å². The summed E-state index contributed by atoms with van der Waals surface area (Å²) in [6, 6.07) is 0. The van der Waals surface area contributed by atoms with Crippen LogP contribution in [0.1, 0.15) is 113 Å². The third kappa shape index (κ3) is 7.83. The minimum Gasteiger partial charge on any atom is -0.393 e. The Balaban J connectivity index is 1.99. The van der Waals surface area contributed by atoms with Gasteiger partial charge in [-0.1, -0.05) is 49.6 Å². The molecule has 242 valence electrons. The second-order valence-corrected chi connectivity index (χ2v) is 13.3. The summed E-state index contributed by atoms with van der Waals surface area (Å²) in [6.45, 7) is -2.90. The lowest BCUT2D eigenvalue weighted by molar-refractivity contribution is -0.347. The van der Waals surface area contributed by atoms with Gasteiger partial charge >= 0.3 is 12.4 Å². The van der Waals surface area contributed by atoms with Crippen molar-refractivity contribution in [1.82, 2.24) is 0 Å². The van der Waals surface area contributed by atoms with Crippen molar-refractivity contribution in [2.45, 2.75) is 140 Å². The smallest absolute Gasteiger partial charge is 0.393 e. The van der Waals surface area contributed by atoms with E-state index in [2.05, 4.69) is 0 Å². The molecule has 3 aliphatic carbocycles. The number of hydrogen-bond donors (Lipinski definition) is 4. The molecule has 3 rings (SSSR count). The van der Waals surface area contributed by atoms with E-state index in [1.165, 1.54) is 0 Å². The molecule has 42 heavy (non-hydrogen) atoms. The number of alkyl halides is 6. The first kappa shape index (κ1) is 27.0. The standard InChI is InChI=1S/C32H48F6O4/c1-27(2,41)13-6-14-28(3,15-7-17-30(42,31(33,34)35)32(36,37)38)26-12-11-25-22(8-5-16-29(25,26)4)10-9-21-18-23(39)20-24(40)19-21/h7,9-10,17,23-26,39-42H,5-6,8,11-16,18-20H2,1-4H3/b17-7-,22-10+/t23-,24-,25?,26-,28-,29+/m1/s1/i1D3,2D3. The quantitative estimate of drug-likeness (QED) is 0.158. The molecule has 1 unspecified atom stereocenters. The molecule has 0 aromatic carbocycles. The van der Waals surface area contributed by atoms with Gasteiger partial charge < -0.3 is 20.4 Å². The molecule has 0 spiro atoms. The first-order chi connectivity index (χ1) is 21.6. The fraction of sp³-hybridized carbons (Fsp3) is 0.812. The van der Waals surface area contributed by atoms with E-state index >= 15 is 0 Å². The van der Waals surface area contributed by atoms with Crippen molar-refractivity contribution < 1.29 is 55.0 Å². The van der Waals surface area contributed by atoms with Crippen molar-refractivity contribution in [3.8, 4) is 0 Å². The number of allylic oxidation sites excluding steroid dienone is 4. The van der Waals surface area contributed by atoms with Gasteiger partial charge in [-0.3, -0.25) is 0 Å². The average Bonchev–Trinajstić information content (AvgIpc) is 3.27. The van der Waals surface area contributed by atoms with Crippen LogP contribution in [0.2, 0.25) is 0 Å². The van der Waals surface area contributed by atoms with Crippen LogP contribution in [-0.2, 0) is 0 Å². The molecule has 0 aromatic rings. The summed E-state index contributed by atoms with van der Waals surface area (Å²) in [5.41, 5.74) is -7.75. The first-order valence-electron chi connectivity index (χ1n) is 17.6. The Hall–Kier alpha value is -1.36. The van der Waals surface area contributed by atoms with Crippen molar-refractivity contribution in [2.24, 2.45) is 22.7 Å². The zero-order valence-electron chi connectivity index (χ0n) is 30.2. The van der Waals surface area contributed by atoms with Crippen LogP contribution < -0.4 is 0 Å². The molecule has 3 saturated carbocycles. The van der Waals surface area contributed by atoms with Crippen molar-refractivity contribution in [2.75, 3.05) is 0 Å². The molecule has 10 heteroatoms. The van der Waals surface area contributed by atoms with E-state index in [-0.39, 0.29) is 37.2 Å². The lowest BCUT2D eigenvalue weighted by atomic mass is 9.55. The van der Waals surface area contributed by atoms with Crippen LogP contribution in [0.15, 0.2) is 35.5 Å². The minimum absolute atomic E-state index is 0.00110. The lowest BCUT2D eigenvalue weighted by Gasteiger charge is -2.49. The van der Waals surface area contributed by atoms with Gasteiger partial charge in [-0.15, -0.1) is 0 Å². The number of hydrogen-bond acceptors (Lipinski definition) is 4. The Kier molecular flexibility index (Phi) is 8.07. The Labute approximate surface area is 254 Å². The van der Waals surface area contributed by atoms with Crippen LogP contribution in [0.5, 0.6) is 0 Å². The molecular weight excluding hydrogens is 562 g/mol. The molecule has 0 aliphatic heterocycles. The molecule has 3 aliphatic rings. The number of rotatable bonds is 9. The van der Waals surface area contributed by atoms with Crippen molar-refractivity contribution in [1.29, 1.82) is 0 Å². The summed E-state index contributed by atoms with van der Waals surface area (Å²) in [5.74, 6) is -0.313. The minimum atomic E-state index is -6.06. The largest absolute Gasteiger partial charge is 0.429 e. The van der Waals surface area contributed by atoms with Crippen LogP contribution >= 0.6 is 0 Å². The predicted octanol–water partition coefficient (Wildman–Crippen LogP) is 7.71. The van der Waals surface area contributed by atoms with Crippen LogP contribution in [-0.4, -0.2) is 56.2 Å². The normalized spacial score (nSPS) is 35.0. The Morgan fingerprint density at radius 2 is 1.57 bits per heavy atom. The Bertz CT molecular complexity index is 1190. The second-order valence-electron chi connectivity index (χ2n) is 13.3. The fourth-order valence-electron chi connectivity index (χ4n) is 7.93. The first-order valence-corrected chi connectivity index (χ1v) is 14.6. The summed E-state index contributed by atoms with van der Waals surface area (Å²) >= 11 is 0. The molecule has 4 nitrogen and oxygen atoms in total. The van der Waals surface area contributed by atoms with Crippen molar-refractivity contribution >= 4 is 0 Å². The summed E-state index contributed by atoms with van der Waals surface area (Å²) in [4.78, 5) is 0. The maximum absolute atomic E-state index is 13.5. The highest BCUT2D eigenvalue weighted by atomic mass is 19.4. The molecular formula is C32H48F6O4. The molecule has 3 fully saturated rings. The molecule has 0 aromatic heterocycles. The van der Waals surface area contributed by atoms with E-state index in [0.717, 1.165) is 24.0 Å².